The normalized spacial score (nSPS) is 8.67. The van der Waals surface area contributed by atoms with Crippen LogP contribution in [-0.4, -0.2) is 26.5 Å². The number of H-pyrrole nitrogens is 2. The molecular weight excluding hydrogens is 169 g/mol. The van der Waals surface area contributed by atoms with E-state index in [1.165, 1.54) is 0 Å². The van der Waals surface area contributed by atoms with Gasteiger partial charge in [-0.1, -0.05) is 0 Å². The third-order valence-electron chi connectivity index (χ3n) is 0.991. The van der Waals surface area contributed by atoms with Crippen LogP contribution in [0.2, 0.25) is 0 Å². The van der Waals surface area contributed by atoms with Crippen molar-refractivity contribution in [2.75, 3.05) is 0 Å². The Labute approximate surface area is 65.0 Å². The van der Waals surface area contributed by atoms with Crippen LogP contribution in [0.4, 0.5) is 0 Å². The maximum Gasteiger partial charge on any atom is 0.352 e. The third kappa shape index (κ3) is 2.06. The van der Waals surface area contributed by atoms with Crippen molar-refractivity contribution in [1.29, 1.82) is 0 Å². The average Bonchev–Trinajstić information content (AvgIpc) is 1.85. The number of hydrogen-bond acceptors (Lipinski definition) is 3. The molecule has 0 radical (unpaired) electrons. The van der Waals surface area contributed by atoms with Crippen LogP contribution in [0.5, 0.6) is 0 Å². The van der Waals surface area contributed by atoms with Gasteiger partial charge in [-0.3, -0.25) is 9.78 Å². The van der Waals surface area contributed by atoms with Crippen LogP contribution in [-0.2, 0) is 0 Å². The topological polar surface area (TPSA) is 135 Å². The van der Waals surface area contributed by atoms with Crippen LogP contribution in [0.25, 0.3) is 0 Å². The van der Waals surface area contributed by atoms with Gasteiger partial charge in [0, 0.05) is 6.07 Å². The summed E-state index contributed by atoms with van der Waals surface area (Å²) in [5, 5.41) is 8.31. The number of carbonyl (C=O) groups is 1. The SMILES string of the molecule is O.O=C(O)c1cc(=O)[nH]c(=O)[15nH]1. The highest BCUT2D eigenvalue weighted by atomic mass is 16.4. The molecule has 0 atom stereocenters. The zero-order valence-electron chi connectivity index (χ0n) is 5.75. The van der Waals surface area contributed by atoms with Crippen molar-refractivity contribution in [3.8, 4) is 0 Å². The first kappa shape index (κ1) is 10.1. The minimum atomic E-state index is -1.34. The van der Waals surface area contributed by atoms with Crippen molar-refractivity contribution in [2.24, 2.45) is 0 Å². The largest absolute Gasteiger partial charge is 0.477 e. The predicted molar refractivity (Wildman–Crippen MR) is 38.3 cm³/mol. The van der Waals surface area contributed by atoms with Crippen LogP contribution >= 0.6 is 0 Å². The van der Waals surface area contributed by atoms with E-state index < -0.39 is 22.9 Å². The molecule has 0 amide bonds. The first-order valence-electron chi connectivity index (χ1n) is 2.66. The Hall–Kier alpha value is -1.89. The summed E-state index contributed by atoms with van der Waals surface area (Å²) >= 11 is 0. The Morgan fingerprint density at radius 1 is 1.33 bits per heavy atom. The zero-order valence-corrected chi connectivity index (χ0v) is 5.75. The van der Waals surface area contributed by atoms with Gasteiger partial charge in [-0.25, -0.2) is 9.59 Å². The zero-order chi connectivity index (χ0) is 8.43. The minimum absolute atomic E-state index is 0. The van der Waals surface area contributed by atoms with E-state index in [4.69, 9.17) is 5.11 Å². The standard InChI is InChI=1S/C5H4N2O4.H2O/c8-3-1-2(4(9)10)6-5(11)7-3;/h1H,(H,9,10)(H2,6,7,8,11);1H2/i6+1;. The van der Waals surface area contributed by atoms with Gasteiger partial charge in [-0.2, -0.15) is 0 Å². The second kappa shape index (κ2) is 3.49. The lowest BCUT2D eigenvalue weighted by Crippen LogP contribution is -2.24. The fourth-order valence-corrected chi connectivity index (χ4v) is 0.584. The van der Waals surface area contributed by atoms with Crippen LogP contribution < -0.4 is 11.2 Å². The molecule has 1 rings (SSSR count). The lowest BCUT2D eigenvalue weighted by Gasteiger charge is -1.89. The number of aromatic nitrogens is 2. The van der Waals surface area contributed by atoms with E-state index in [0.717, 1.165) is 6.07 Å². The number of nitrogens with one attached hydrogen (secondary N) is 2. The van der Waals surface area contributed by atoms with Gasteiger partial charge in [-0.15, -0.1) is 0 Å². The first-order valence-corrected chi connectivity index (χ1v) is 2.66. The van der Waals surface area contributed by atoms with Gasteiger partial charge in [0.25, 0.3) is 5.56 Å². The summed E-state index contributed by atoms with van der Waals surface area (Å²) in [6, 6.07) is 0.795. The van der Waals surface area contributed by atoms with Gasteiger partial charge in [0.05, 0.1) is 0 Å². The number of carboxylic acid groups (broad SMARTS) is 1. The molecule has 7 heteroatoms. The highest BCUT2D eigenvalue weighted by molar-refractivity contribution is 5.84. The van der Waals surface area contributed by atoms with Crippen LogP contribution in [0.3, 0.4) is 0 Å². The average molecular weight is 175 g/mol. The molecule has 7 nitrogen and oxygen atoms in total. The van der Waals surface area contributed by atoms with Crippen LogP contribution in [0.15, 0.2) is 15.7 Å². The molecule has 0 aliphatic carbocycles. The van der Waals surface area contributed by atoms with E-state index in [0.29, 0.717) is 0 Å². The van der Waals surface area contributed by atoms with Crippen molar-refractivity contribution in [3.05, 3.63) is 32.6 Å². The highest BCUT2D eigenvalue weighted by Gasteiger charge is 2.03. The summed E-state index contributed by atoms with van der Waals surface area (Å²) in [4.78, 5) is 34.9. The summed E-state index contributed by atoms with van der Waals surface area (Å²) in [6.45, 7) is 0. The van der Waals surface area contributed by atoms with E-state index in [-0.39, 0.29) is 5.48 Å². The fourth-order valence-electron chi connectivity index (χ4n) is 0.584. The molecule has 0 saturated carbocycles. The summed E-state index contributed by atoms with van der Waals surface area (Å²) < 4.78 is 0. The molecule has 1 heterocycles. The molecule has 5 N–H and O–H groups in total. The molecule has 0 saturated heterocycles. The van der Waals surface area contributed by atoms with Crippen LogP contribution in [0.1, 0.15) is 10.5 Å². The van der Waals surface area contributed by atoms with Gasteiger partial charge in [-0.05, 0) is 0 Å². The molecule has 0 spiro atoms. The third-order valence-corrected chi connectivity index (χ3v) is 0.991. The number of aromatic carboxylic acids is 1. The van der Waals surface area contributed by atoms with E-state index in [9.17, 15) is 14.4 Å². The quantitative estimate of drug-likeness (QED) is 0.452. The second-order valence-corrected chi connectivity index (χ2v) is 1.81. The number of aromatic amines is 2. The molecule has 12 heavy (non-hydrogen) atoms. The van der Waals surface area contributed by atoms with Crippen molar-refractivity contribution in [1.82, 2.24) is 9.97 Å². The molecule has 1 aromatic heterocycles. The summed E-state index contributed by atoms with van der Waals surface area (Å²) in [5.41, 5.74) is -1.97. The predicted octanol–water partition coefficient (Wildman–Crippen LogP) is -2.06. The summed E-state index contributed by atoms with van der Waals surface area (Å²) in [7, 11) is 0. The van der Waals surface area contributed by atoms with E-state index in [1.54, 1.807) is 0 Å². The lowest BCUT2D eigenvalue weighted by molar-refractivity contribution is 0.0689. The molecule has 0 bridgehead atoms. The molecule has 1 aromatic rings. The van der Waals surface area contributed by atoms with Gasteiger partial charge in [0.15, 0.2) is 0 Å². The smallest absolute Gasteiger partial charge is 0.352 e. The Balaban J connectivity index is 0.00000121. The van der Waals surface area contributed by atoms with Crippen molar-refractivity contribution in [3.63, 3.8) is 0 Å². The number of rotatable bonds is 1. The Kier molecular flexibility index (Phi) is 2.94. The molecular formula is C5H6N2O5. The minimum Gasteiger partial charge on any atom is -0.477 e. The second-order valence-electron chi connectivity index (χ2n) is 1.81. The van der Waals surface area contributed by atoms with Crippen molar-refractivity contribution >= 4 is 5.97 Å². The van der Waals surface area contributed by atoms with Crippen LogP contribution in [0, 0.1) is 0 Å². The lowest BCUT2D eigenvalue weighted by atomic mass is 10.4. The van der Waals surface area contributed by atoms with Gasteiger partial charge in [0.1, 0.15) is 5.69 Å². The van der Waals surface area contributed by atoms with E-state index >= 15 is 0 Å². The maximum atomic E-state index is 10.5. The highest BCUT2D eigenvalue weighted by Crippen LogP contribution is 1.81. The molecule has 0 aliphatic heterocycles. The molecule has 0 unspecified atom stereocenters. The molecule has 66 valence electrons. The Morgan fingerprint density at radius 3 is 2.33 bits per heavy atom. The molecule has 0 aliphatic rings. The maximum absolute atomic E-state index is 10.5. The number of carboxylic acids is 1. The first-order chi connectivity index (χ1) is 5.09. The van der Waals surface area contributed by atoms with Crippen molar-refractivity contribution < 1.29 is 15.4 Å². The van der Waals surface area contributed by atoms with Gasteiger partial charge < -0.3 is 15.6 Å². The van der Waals surface area contributed by atoms with Crippen molar-refractivity contribution in [2.45, 2.75) is 0 Å². The monoisotopic (exact) mass is 175 g/mol. The fraction of sp³-hybridized carbons (Fsp3) is 0. The van der Waals surface area contributed by atoms with Gasteiger partial charge in [0.2, 0.25) is 0 Å². The summed E-state index contributed by atoms with van der Waals surface area (Å²) in [5.74, 6) is -1.34. The summed E-state index contributed by atoms with van der Waals surface area (Å²) in [6.07, 6.45) is 0. The van der Waals surface area contributed by atoms with Gasteiger partial charge >= 0.3 is 11.7 Å². The molecule has 0 aromatic carbocycles. The Morgan fingerprint density at radius 2 is 1.92 bits per heavy atom. The number of hydrogen-bond donors (Lipinski definition) is 3. The molecule has 0 fully saturated rings. The van der Waals surface area contributed by atoms with E-state index in [2.05, 4.69) is 0 Å². The Bertz CT molecular complexity index is 361. The van der Waals surface area contributed by atoms with E-state index in [1.807, 2.05) is 9.97 Å².